The second-order valence-electron chi connectivity index (χ2n) is 13.3. The quantitative estimate of drug-likeness (QED) is 0.0358. The van der Waals surface area contributed by atoms with Crippen LogP contribution in [0.5, 0.6) is 5.75 Å². The molecule has 1 aromatic heterocycles. The SMILES string of the molecule is CCCCCC(C(=O)NCNC(=O)c1ccc(-c2ccc(C(=O)NC(CC(=O)O)C(=O)O)c(OCC)c2)o1)C(CC)N(C=O)OC(=O)c1ccc(F)cc1C(C)C. The van der Waals surface area contributed by atoms with Crippen molar-refractivity contribution >= 4 is 42.0 Å². The Balaban J connectivity index is 1.72. The number of nitrogens with zero attached hydrogens (tertiary/aromatic N) is 1. The van der Waals surface area contributed by atoms with Gasteiger partial charge in [-0.3, -0.25) is 24.0 Å². The molecule has 0 bridgehead atoms. The van der Waals surface area contributed by atoms with E-state index in [0.29, 0.717) is 30.4 Å². The molecular weight excluding hydrogens is 747 g/mol. The topological polar surface area (TPSA) is 231 Å². The van der Waals surface area contributed by atoms with Crippen LogP contribution in [-0.4, -0.2) is 82.7 Å². The summed E-state index contributed by atoms with van der Waals surface area (Å²) in [5.74, 6) is -7.31. The number of carbonyl (C=O) groups is 7. The smallest absolute Gasteiger partial charge is 0.363 e. The molecule has 0 fully saturated rings. The van der Waals surface area contributed by atoms with Crippen molar-refractivity contribution in [1.82, 2.24) is 21.0 Å². The zero-order chi connectivity index (χ0) is 42.2. The first-order valence-corrected chi connectivity index (χ1v) is 18.6. The van der Waals surface area contributed by atoms with Gasteiger partial charge in [-0.05, 0) is 73.7 Å². The molecule has 4 amide bonds. The van der Waals surface area contributed by atoms with E-state index in [1.54, 1.807) is 27.7 Å². The summed E-state index contributed by atoms with van der Waals surface area (Å²) in [6.07, 6.45) is 2.36. The maximum Gasteiger partial charge on any atom is 0.363 e. The van der Waals surface area contributed by atoms with Crippen LogP contribution in [0, 0.1) is 11.7 Å². The molecule has 0 radical (unpaired) electrons. The van der Waals surface area contributed by atoms with Crippen LogP contribution >= 0.6 is 0 Å². The number of unbranched alkanes of at least 4 members (excludes halogenated alkanes) is 2. The second kappa shape index (κ2) is 21.7. The van der Waals surface area contributed by atoms with Gasteiger partial charge in [-0.25, -0.2) is 14.0 Å². The summed E-state index contributed by atoms with van der Waals surface area (Å²) in [6, 6.07) is 8.23. The minimum atomic E-state index is -1.68. The molecule has 3 atom stereocenters. The van der Waals surface area contributed by atoms with Crippen LogP contribution in [-0.2, 0) is 24.0 Å². The molecule has 0 aliphatic heterocycles. The molecule has 17 heteroatoms. The van der Waals surface area contributed by atoms with Gasteiger partial charge < -0.3 is 40.2 Å². The first-order chi connectivity index (χ1) is 27.1. The van der Waals surface area contributed by atoms with Gasteiger partial charge in [0.1, 0.15) is 23.4 Å². The Morgan fingerprint density at radius 1 is 0.912 bits per heavy atom. The van der Waals surface area contributed by atoms with Crippen molar-refractivity contribution in [2.24, 2.45) is 5.92 Å². The number of hydrogen-bond donors (Lipinski definition) is 5. The maximum atomic E-state index is 14.0. The monoisotopic (exact) mass is 796 g/mol. The maximum absolute atomic E-state index is 14.0. The molecule has 16 nitrogen and oxygen atoms in total. The normalized spacial score (nSPS) is 12.5. The fraction of sp³-hybridized carbons (Fsp3) is 0.425. The predicted molar refractivity (Wildman–Crippen MR) is 202 cm³/mol. The number of furan rings is 1. The van der Waals surface area contributed by atoms with Crippen LogP contribution in [0.15, 0.2) is 52.9 Å². The van der Waals surface area contributed by atoms with Gasteiger partial charge in [-0.15, -0.1) is 0 Å². The van der Waals surface area contributed by atoms with E-state index >= 15 is 0 Å². The van der Waals surface area contributed by atoms with Gasteiger partial charge in [0.2, 0.25) is 12.3 Å². The Kier molecular flexibility index (Phi) is 17.2. The highest BCUT2D eigenvalue weighted by atomic mass is 19.1. The Labute approximate surface area is 329 Å². The third-order valence-electron chi connectivity index (χ3n) is 8.95. The molecule has 0 spiro atoms. The van der Waals surface area contributed by atoms with Gasteiger partial charge in [-0.2, -0.15) is 5.06 Å². The van der Waals surface area contributed by atoms with Gasteiger partial charge >= 0.3 is 17.9 Å². The molecule has 57 heavy (non-hydrogen) atoms. The lowest BCUT2D eigenvalue weighted by molar-refractivity contribution is -0.171. The second-order valence-corrected chi connectivity index (χ2v) is 13.3. The fourth-order valence-electron chi connectivity index (χ4n) is 6.06. The predicted octanol–water partition coefficient (Wildman–Crippen LogP) is 5.27. The van der Waals surface area contributed by atoms with Gasteiger partial charge in [0.05, 0.1) is 42.8 Å². The van der Waals surface area contributed by atoms with Crippen LogP contribution in [0.25, 0.3) is 11.3 Å². The minimum absolute atomic E-state index is 0.0506. The highest BCUT2D eigenvalue weighted by Gasteiger charge is 2.34. The van der Waals surface area contributed by atoms with Crippen molar-refractivity contribution in [1.29, 1.82) is 0 Å². The molecular formula is C40H49FN4O12. The average molecular weight is 797 g/mol. The Hall–Kier alpha value is -6.26. The third-order valence-corrected chi connectivity index (χ3v) is 8.95. The number of hydrogen-bond acceptors (Lipinski definition) is 10. The largest absolute Gasteiger partial charge is 0.493 e. The molecule has 2 aromatic carbocycles. The lowest BCUT2D eigenvalue weighted by Crippen LogP contribution is -2.49. The van der Waals surface area contributed by atoms with Crippen molar-refractivity contribution in [3.05, 3.63) is 76.8 Å². The number of hydroxylamine groups is 2. The van der Waals surface area contributed by atoms with Gasteiger partial charge in [0.15, 0.2) is 5.76 Å². The number of aliphatic carboxylic acids is 2. The van der Waals surface area contributed by atoms with E-state index in [4.69, 9.17) is 19.1 Å². The van der Waals surface area contributed by atoms with Crippen molar-refractivity contribution in [3.63, 3.8) is 0 Å². The Bertz CT molecular complexity index is 1910. The summed E-state index contributed by atoms with van der Waals surface area (Å²) in [5, 5.41) is 26.5. The van der Waals surface area contributed by atoms with Crippen LogP contribution in [0.3, 0.4) is 0 Å². The molecule has 0 saturated heterocycles. The highest BCUT2D eigenvalue weighted by Crippen LogP contribution is 2.30. The lowest BCUT2D eigenvalue weighted by Gasteiger charge is -2.32. The number of carboxylic acids is 2. The molecule has 3 rings (SSSR count). The van der Waals surface area contributed by atoms with Crippen LogP contribution in [0.1, 0.15) is 116 Å². The average Bonchev–Trinajstić information content (AvgIpc) is 3.67. The van der Waals surface area contributed by atoms with E-state index < -0.39 is 65.9 Å². The third kappa shape index (κ3) is 12.6. The van der Waals surface area contributed by atoms with Crippen molar-refractivity contribution in [2.75, 3.05) is 13.3 Å². The zero-order valence-corrected chi connectivity index (χ0v) is 32.5. The molecule has 0 aliphatic rings. The molecule has 3 aromatic rings. The van der Waals surface area contributed by atoms with E-state index in [1.807, 2.05) is 6.92 Å². The number of carboxylic acid groups (broad SMARTS) is 2. The lowest BCUT2D eigenvalue weighted by atomic mass is 9.90. The van der Waals surface area contributed by atoms with Crippen LogP contribution in [0.4, 0.5) is 4.39 Å². The minimum Gasteiger partial charge on any atom is -0.493 e. The summed E-state index contributed by atoms with van der Waals surface area (Å²) in [4.78, 5) is 93.0. The van der Waals surface area contributed by atoms with E-state index in [2.05, 4.69) is 16.0 Å². The van der Waals surface area contributed by atoms with Crippen molar-refractivity contribution in [2.45, 2.75) is 91.1 Å². The number of halogens is 1. The number of benzene rings is 2. The molecule has 308 valence electrons. The summed E-state index contributed by atoms with van der Waals surface area (Å²) >= 11 is 0. The number of rotatable bonds is 23. The van der Waals surface area contributed by atoms with Crippen molar-refractivity contribution < 1.29 is 62.2 Å². The number of ether oxygens (including phenoxy) is 1. The van der Waals surface area contributed by atoms with Crippen LogP contribution in [0.2, 0.25) is 0 Å². The zero-order valence-electron chi connectivity index (χ0n) is 32.5. The summed E-state index contributed by atoms with van der Waals surface area (Å²) < 4.78 is 25.3. The highest BCUT2D eigenvalue weighted by molar-refractivity contribution is 6.00. The number of nitrogens with one attached hydrogen (secondary N) is 3. The molecule has 3 unspecified atom stereocenters. The summed E-state index contributed by atoms with van der Waals surface area (Å²) in [6.45, 7) is 8.77. The van der Waals surface area contributed by atoms with E-state index in [-0.39, 0.29) is 54.0 Å². The Morgan fingerprint density at radius 3 is 2.25 bits per heavy atom. The molecule has 1 heterocycles. The molecule has 0 saturated carbocycles. The van der Waals surface area contributed by atoms with Crippen molar-refractivity contribution in [3.8, 4) is 17.1 Å². The molecule has 0 aliphatic carbocycles. The fourth-order valence-corrected chi connectivity index (χ4v) is 6.06. The number of amides is 4. The Morgan fingerprint density at radius 2 is 1.63 bits per heavy atom. The summed E-state index contributed by atoms with van der Waals surface area (Å²) in [7, 11) is 0. The summed E-state index contributed by atoms with van der Waals surface area (Å²) in [5.41, 5.74) is 0.822. The standard InChI is InChI=1S/C40H49FN4O12/c1-6-9-10-11-27(31(7-2)45(22-46)57-40(54)26-15-13-25(41)19-29(26)23(4)5)36(49)42-21-43-38(51)33-17-16-32(56-33)24-12-14-28(34(18-24)55-8-3)37(50)44-30(39(52)53)20-35(47)48/h12-19,22-23,27,30-31H,6-11,20-21H2,1-5H3,(H,42,49)(H,43,51)(H,44,50)(H,47,48)(H,52,53). The first kappa shape index (κ1) is 45.1. The van der Waals surface area contributed by atoms with E-state index in [1.165, 1.54) is 42.5 Å². The van der Waals surface area contributed by atoms with Gasteiger partial charge in [-0.1, -0.05) is 53.0 Å². The first-order valence-electron chi connectivity index (χ1n) is 18.6. The van der Waals surface area contributed by atoms with Gasteiger partial charge in [0.25, 0.3) is 11.8 Å². The van der Waals surface area contributed by atoms with E-state index in [9.17, 15) is 43.1 Å². The van der Waals surface area contributed by atoms with Crippen LogP contribution < -0.4 is 20.7 Å². The number of carbonyl (C=O) groups excluding carboxylic acids is 5. The molecule has 5 N–H and O–H groups in total. The van der Waals surface area contributed by atoms with Gasteiger partial charge in [0, 0.05) is 5.56 Å². The van der Waals surface area contributed by atoms with E-state index in [0.717, 1.165) is 24.0 Å².